The largest absolute Gasteiger partial charge is 0.469 e. The Kier molecular flexibility index (Phi) is 7.47. The third kappa shape index (κ3) is 5.42. The van der Waals surface area contributed by atoms with Crippen molar-refractivity contribution in [2.75, 3.05) is 30.4 Å². The molecule has 1 saturated heterocycles. The molecule has 1 fully saturated rings. The predicted molar refractivity (Wildman–Crippen MR) is 118 cm³/mol. The SMILES string of the molecule is COC(=O)C1CCN(c2c(Cl)cc(C(F)(F)F)cc2C(=O)Nc2ccc(Cl)c(Cl)c2)CC1. The molecule has 1 aliphatic rings. The van der Waals surface area contributed by atoms with Crippen LogP contribution in [0.25, 0.3) is 0 Å². The van der Waals surface area contributed by atoms with Crippen LogP contribution in [0.4, 0.5) is 24.5 Å². The van der Waals surface area contributed by atoms with Crippen molar-refractivity contribution in [3.63, 3.8) is 0 Å². The molecule has 1 aliphatic heterocycles. The second kappa shape index (κ2) is 9.77. The van der Waals surface area contributed by atoms with E-state index in [1.54, 1.807) is 4.90 Å². The number of carbonyl (C=O) groups is 2. The maximum Gasteiger partial charge on any atom is 0.416 e. The van der Waals surface area contributed by atoms with Crippen molar-refractivity contribution in [2.24, 2.45) is 5.92 Å². The number of carbonyl (C=O) groups excluding carboxylic acids is 2. The van der Waals surface area contributed by atoms with Gasteiger partial charge >= 0.3 is 12.1 Å². The molecule has 0 unspecified atom stereocenters. The number of ether oxygens (including phenoxy) is 1. The highest BCUT2D eigenvalue weighted by atomic mass is 35.5. The van der Waals surface area contributed by atoms with Crippen LogP contribution in [0.15, 0.2) is 30.3 Å². The van der Waals surface area contributed by atoms with Crippen LogP contribution < -0.4 is 10.2 Å². The Bertz CT molecular complexity index is 1040. The van der Waals surface area contributed by atoms with Gasteiger partial charge in [0.15, 0.2) is 0 Å². The molecule has 0 atom stereocenters. The number of methoxy groups -OCH3 is 1. The first-order valence-corrected chi connectivity index (χ1v) is 10.6. The van der Waals surface area contributed by atoms with Crippen molar-refractivity contribution in [1.82, 2.24) is 0 Å². The number of nitrogens with zero attached hydrogens (tertiary/aromatic N) is 1. The van der Waals surface area contributed by atoms with Crippen LogP contribution in [0.2, 0.25) is 15.1 Å². The lowest BCUT2D eigenvalue weighted by Crippen LogP contribution is -2.38. The molecule has 1 N–H and O–H groups in total. The Labute approximate surface area is 197 Å². The highest BCUT2D eigenvalue weighted by molar-refractivity contribution is 6.42. The molecule has 1 amide bonds. The fraction of sp³-hybridized carbons (Fsp3) is 0.333. The third-order valence-electron chi connectivity index (χ3n) is 5.16. The van der Waals surface area contributed by atoms with Gasteiger partial charge in [-0.3, -0.25) is 9.59 Å². The molecule has 2 aromatic rings. The smallest absolute Gasteiger partial charge is 0.416 e. The van der Waals surface area contributed by atoms with Gasteiger partial charge in [0.2, 0.25) is 0 Å². The van der Waals surface area contributed by atoms with E-state index < -0.39 is 17.6 Å². The number of esters is 1. The summed E-state index contributed by atoms with van der Waals surface area (Å²) in [4.78, 5) is 26.5. The van der Waals surface area contributed by atoms with Crippen LogP contribution in [-0.2, 0) is 15.7 Å². The topological polar surface area (TPSA) is 58.6 Å². The van der Waals surface area contributed by atoms with Crippen molar-refractivity contribution >= 4 is 58.1 Å². The number of anilines is 2. The summed E-state index contributed by atoms with van der Waals surface area (Å²) in [6.07, 6.45) is -3.87. The monoisotopic (exact) mass is 508 g/mol. The number of amides is 1. The van der Waals surface area contributed by atoms with Crippen LogP contribution in [0.1, 0.15) is 28.8 Å². The van der Waals surface area contributed by atoms with E-state index in [0.717, 1.165) is 12.1 Å². The lowest BCUT2D eigenvalue weighted by atomic mass is 9.95. The molecule has 11 heteroatoms. The number of benzene rings is 2. The number of rotatable bonds is 4. The Morgan fingerprint density at radius 3 is 2.25 bits per heavy atom. The molecule has 0 aromatic heterocycles. The number of hydrogen-bond donors (Lipinski definition) is 1. The van der Waals surface area contributed by atoms with Gasteiger partial charge in [0.1, 0.15) is 0 Å². The third-order valence-corrected chi connectivity index (χ3v) is 6.19. The predicted octanol–water partition coefficient (Wildman–Crippen LogP) is 6.31. The van der Waals surface area contributed by atoms with Crippen molar-refractivity contribution in [1.29, 1.82) is 0 Å². The fourth-order valence-electron chi connectivity index (χ4n) is 3.53. The fourth-order valence-corrected chi connectivity index (χ4v) is 4.17. The second-order valence-electron chi connectivity index (χ2n) is 7.22. The molecule has 2 aromatic carbocycles. The molecule has 32 heavy (non-hydrogen) atoms. The first kappa shape index (κ1) is 24.5. The van der Waals surface area contributed by atoms with E-state index >= 15 is 0 Å². The maximum atomic E-state index is 13.4. The zero-order valence-electron chi connectivity index (χ0n) is 16.7. The Balaban J connectivity index is 1.97. The molecule has 0 bridgehead atoms. The highest BCUT2D eigenvalue weighted by Crippen LogP contribution is 2.40. The summed E-state index contributed by atoms with van der Waals surface area (Å²) < 4.78 is 45.0. The molecule has 0 aliphatic carbocycles. The lowest BCUT2D eigenvalue weighted by molar-refractivity contribution is -0.146. The van der Waals surface area contributed by atoms with Gasteiger partial charge in [-0.15, -0.1) is 0 Å². The molecule has 1 heterocycles. The Hall–Kier alpha value is -2.16. The number of alkyl halides is 3. The van der Waals surface area contributed by atoms with Crippen LogP contribution in [0.5, 0.6) is 0 Å². The number of piperidine rings is 1. The van der Waals surface area contributed by atoms with Crippen molar-refractivity contribution in [3.8, 4) is 0 Å². The first-order chi connectivity index (χ1) is 15.0. The van der Waals surface area contributed by atoms with Crippen molar-refractivity contribution in [2.45, 2.75) is 19.0 Å². The normalized spacial score (nSPS) is 14.9. The van der Waals surface area contributed by atoms with E-state index in [9.17, 15) is 22.8 Å². The van der Waals surface area contributed by atoms with Gasteiger partial charge in [-0.1, -0.05) is 34.8 Å². The molecule has 172 valence electrons. The molecule has 0 saturated carbocycles. The van der Waals surface area contributed by atoms with E-state index in [1.165, 1.54) is 25.3 Å². The van der Waals surface area contributed by atoms with E-state index in [2.05, 4.69) is 5.32 Å². The van der Waals surface area contributed by atoms with Gasteiger partial charge in [0, 0.05) is 18.8 Å². The lowest BCUT2D eigenvalue weighted by Gasteiger charge is -2.34. The Morgan fingerprint density at radius 2 is 1.69 bits per heavy atom. The summed E-state index contributed by atoms with van der Waals surface area (Å²) in [5, 5.41) is 2.77. The minimum atomic E-state index is -4.70. The standard InChI is InChI=1S/C21H18Cl3F3N2O3/c1-32-20(31)11-4-6-29(7-5-11)18-14(8-12(9-17(18)24)21(25,26)27)19(30)28-13-2-3-15(22)16(23)10-13/h2-3,8-11H,4-7H2,1H3,(H,28,30). The molecule has 0 radical (unpaired) electrons. The van der Waals surface area contributed by atoms with E-state index in [-0.39, 0.29) is 43.9 Å². The second-order valence-corrected chi connectivity index (χ2v) is 8.44. The van der Waals surface area contributed by atoms with Gasteiger partial charge < -0.3 is 15.0 Å². The quantitative estimate of drug-likeness (QED) is 0.491. The van der Waals surface area contributed by atoms with Gasteiger partial charge in [-0.05, 0) is 43.2 Å². The maximum absolute atomic E-state index is 13.4. The van der Waals surface area contributed by atoms with E-state index in [4.69, 9.17) is 39.5 Å². The molecular weight excluding hydrogens is 492 g/mol. The Morgan fingerprint density at radius 1 is 1.03 bits per heavy atom. The summed E-state index contributed by atoms with van der Waals surface area (Å²) in [6.45, 7) is 0.635. The highest BCUT2D eigenvalue weighted by Gasteiger charge is 2.35. The summed E-state index contributed by atoms with van der Waals surface area (Å²) >= 11 is 18.1. The van der Waals surface area contributed by atoms with Gasteiger partial charge in [-0.2, -0.15) is 13.2 Å². The van der Waals surface area contributed by atoms with Crippen LogP contribution >= 0.6 is 34.8 Å². The summed E-state index contributed by atoms with van der Waals surface area (Å²) in [6, 6.07) is 5.87. The van der Waals surface area contributed by atoms with Crippen LogP contribution in [0.3, 0.4) is 0 Å². The minimum absolute atomic E-state index is 0.167. The van der Waals surface area contributed by atoms with Gasteiger partial charge in [0.05, 0.1) is 44.9 Å². The van der Waals surface area contributed by atoms with Crippen LogP contribution in [-0.4, -0.2) is 32.1 Å². The van der Waals surface area contributed by atoms with Crippen molar-refractivity contribution < 1.29 is 27.5 Å². The number of halogens is 6. The summed E-state index contributed by atoms with van der Waals surface area (Å²) in [5.41, 5.74) is -0.865. The number of nitrogens with one attached hydrogen (secondary N) is 1. The van der Waals surface area contributed by atoms with Crippen molar-refractivity contribution in [3.05, 3.63) is 56.5 Å². The molecular formula is C21H18Cl3F3N2O3. The van der Waals surface area contributed by atoms with E-state index in [1.807, 2.05) is 0 Å². The minimum Gasteiger partial charge on any atom is -0.469 e. The van der Waals surface area contributed by atoms with Gasteiger partial charge in [0.25, 0.3) is 5.91 Å². The summed E-state index contributed by atoms with van der Waals surface area (Å²) in [7, 11) is 1.30. The van der Waals surface area contributed by atoms with Crippen LogP contribution in [0, 0.1) is 5.92 Å². The summed E-state index contributed by atoms with van der Waals surface area (Å²) in [5.74, 6) is -1.46. The van der Waals surface area contributed by atoms with E-state index in [0.29, 0.717) is 25.9 Å². The van der Waals surface area contributed by atoms with Gasteiger partial charge in [-0.25, -0.2) is 0 Å². The average molecular weight is 510 g/mol. The molecule has 5 nitrogen and oxygen atoms in total. The average Bonchev–Trinajstić information content (AvgIpc) is 2.74. The first-order valence-electron chi connectivity index (χ1n) is 9.51. The molecule has 3 rings (SSSR count). The zero-order valence-corrected chi connectivity index (χ0v) is 19.0. The molecule has 0 spiro atoms. The zero-order chi connectivity index (χ0) is 23.6. The number of hydrogen-bond acceptors (Lipinski definition) is 4.